The van der Waals surface area contributed by atoms with Crippen LogP contribution in [-0.4, -0.2) is 7.05 Å². The lowest BCUT2D eigenvalue weighted by Gasteiger charge is -1.86. The van der Waals surface area contributed by atoms with Crippen LogP contribution in [0.1, 0.15) is 6.92 Å². The predicted molar refractivity (Wildman–Crippen MR) is 46.7 cm³/mol. The first-order valence-electron chi connectivity index (χ1n) is 3.42. The van der Waals surface area contributed by atoms with E-state index >= 15 is 0 Å². The van der Waals surface area contributed by atoms with Crippen molar-refractivity contribution >= 4 is 0 Å². The fourth-order valence-corrected chi connectivity index (χ4v) is 0.543. The maximum atomic E-state index is 8.52. The molecular weight excluding hydrogens is 136 g/mol. The summed E-state index contributed by atoms with van der Waals surface area (Å²) >= 11 is 0. The van der Waals surface area contributed by atoms with Crippen LogP contribution in [0.25, 0.3) is 0 Å². The van der Waals surface area contributed by atoms with Crippen molar-refractivity contribution in [3.8, 4) is 6.07 Å². The molecule has 2 nitrogen and oxygen atoms in total. The van der Waals surface area contributed by atoms with Gasteiger partial charge in [0.25, 0.3) is 0 Å². The molecule has 2 heteroatoms. The lowest BCUT2D eigenvalue weighted by molar-refractivity contribution is 1.09. The molecule has 0 atom stereocenters. The van der Waals surface area contributed by atoms with E-state index in [-0.39, 0.29) is 0 Å². The van der Waals surface area contributed by atoms with Crippen molar-refractivity contribution in [2.75, 3.05) is 7.05 Å². The number of nitriles is 1. The second-order valence-corrected chi connectivity index (χ2v) is 1.89. The van der Waals surface area contributed by atoms with Gasteiger partial charge in [0.2, 0.25) is 0 Å². The highest BCUT2D eigenvalue weighted by molar-refractivity contribution is 5.33. The van der Waals surface area contributed by atoms with E-state index in [9.17, 15) is 0 Å². The van der Waals surface area contributed by atoms with E-state index in [1.54, 1.807) is 19.3 Å². The zero-order valence-corrected chi connectivity index (χ0v) is 6.83. The Morgan fingerprint density at radius 3 is 2.64 bits per heavy atom. The van der Waals surface area contributed by atoms with Crippen LogP contribution < -0.4 is 5.32 Å². The number of hydrogen-bond donors (Lipinski definition) is 1. The third-order valence-electron chi connectivity index (χ3n) is 1.01. The molecule has 1 N–H and O–H groups in total. The third-order valence-corrected chi connectivity index (χ3v) is 1.01. The lowest BCUT2D eigenvalue weighted by atomic mass is 10.3. The van der Waals surface area contributed by atoms with Gasteiger partial charge in [0, 0.05) is 13.2 Å². The highest BCUT2D eigenvalue weighted by Crippen LogP contribution is 1.92. The molecule has 0 aliphatic rings. The monoisotopic (exact) mass is 148 g/mol. The minimum atomic E-state index is 0.616. The Balaban J connectivity index is 4.11. The Kier molecular flexibility index (Phi) is 5.73. The molecule has 0 unspecified atom stereocenters. The minimum absolute atomic E-state index is 0.616. The maximum Gasteiger partial charge on any atom is 0.101 e. The second kappa shape index (κ2) is 6.63. The van der Waals surface area contributed by atoms with Gasteiger partial charge in [0.15, 0.2) is 0 Å². The largest absolute Gasteiger partial charge is 0.393 e. The molecule has 0 saturated carbocycles. The molecule has 0 spiro atoms. The Labute approximate surface area is 67.5 Å². The summed E-state index contributed by atoms with van der Waals surface area (Å²) < 4.78 is 0. The Hall–Kier alpha value is -1.49. The van der Waals surface area contributed by atoms with E-state index in [4.69, 9.17) is 5.26 Å². The lowest BCUT2D eigenvalue weighted by Crippen LogP contribution is -1.93. The normalized spacial score (nSPS) is 12.3. The van der Waals surface area contributed by atoms with Crippen LogP contribution in [0, 0.1) is 11.3 Å². The summed E-state index contributed by atoms with van der Waals surface area (Å²) in [6, 6.07) is 2.04. The number of hydrogen-bond acceptors (Lipinski definition) is 2. The molecular formula is C9H12N2. The van der Waals surface area contributed by atoms with Crippen LogP contribution in [0.5, 0.6) is 0 Å². The van der Waals surface area contributed by atoms with Crippen LogP contribution in [0.3, 0.4) is 0 Å². The van der Waals surface area contributed by atoms with E-state index in [0.29, 0.717) is 5.57 Å². The van der Waals surface area contributed by atoms with Crippen molar-refractivity contribution in [2.45, 2.75) is 6.92 Å². The van der Waals surface area contributed by atoms with Crippen molar-refractivity contribution in [1.29, 1.82) is 5.26 Å². The number of allylic oxidation sites excluding steroid dienone is 5. The van der Waals surface area contributed by atoms with Crippen LogP contribution in [-0.2, 0) is 0 Å². The van der Waals surface area contributed by atoms with E-state index in [1.807, 2.05) is 31.2 Å². The Morgan fingerprint density at radius 1 is 1.45 bits per heavy atom. The van der Waals surface area contributed by atoms with Crippen molar-refractivity contribution in [3.63, 3.8) is 0 Å². The summed E-state index contributed by atoms with van der Waals surface area (Å²) in [5.41, 5.74) is 0.616. The van der Waals surface area contributed by atoms with Gasteiger partial charge in [-0.15, -0.1) is 0 Å². The van der Waals surface area contributed by atoms with Crippen LogP contribution in [0.15, 0.2) is 36.1 Å². The molecule has 0 aliphatic heterocycles. The summed E-state index contributed by atoms with van der Waals surface area (Å²) in [5.74, 6) is 0. The molecule has 0 saturated heterocycles. The average molecular weight is 148 g/mol. The first-order chi connectivity index (χ1) is 5.35. The van der Waals surface area contributed by atoms with Gasteiger partial charge in [0.05, 0.1) is 5.57 Å². The minimum Gasteiger partial charge on any atom is -0.393 e. The van der Waals surface area contributed by atoms with E-state index in [1.165, 1.54) is 0 Å². The molecule has 0 radical (unpaired) electrons. The van der Waals surface area contributed by atoms with Crippen LogP contribution in [0.4, 0.5) is 0 Å². The zero-order chi connectivity index (χ0) is 8.53. The second-order valence-electron chi connectivity index (χ2n) is 1.89. The van der Waals surface area contributed by atoms with Crippen LogP contribution in [0.2, 0.25) is 0 Å². The standard InChI is InChI=1S/C9H12N2/c1-3-4-5-6-9(7-10)8-11-2/h3-6,8,11H,1-2H3/b4-3-,6-5-,9-8+. The third kappa shape index (κ3) is 4.98. The Bertz CT molecular complexity index is 216. The zero-order valence-electron chi connectivity index (χ0n) is 6.83. The SMILES string of the molecule is C\C=C/C=C\C(C#N)=C/NC. The van der Waals surface area contributed by atoms with Gasteiger partial charge < -0.3 is 5.32 Å². The van der Waals surface area contributed by atoms with E-state index in [2.05, 4.69) is 5.32 Å². The molecule has 0 aromatic rings. The first-order valence-corrected chi connectivity index (χ1v) is 3.42. The summed E-state index contributed by atoms with van der Waals surface area (Å²) in [6.07, 6.45) is 9.01. The number of nitrogens with zero attached hydrogens (tertiary/aromatic N) is 1. The van der Waals surface area contributed by atoms with Gasteiger partial charge in [-0.05, 0) is 13.0 Å². The van der Waals surface area contributed by atoms with Crippen molar-refractivity contribution < 1.29 is 0 Å². The topological polar surface area (TPSA) is 35.8 Å². The maximum absolute atomic E-state index is 8.52. The molecule has 0 heterocycles. The predicted octanol–water partition coefficient (Wildman–Crippen LogP) is 1.75. The molecule has 58 valence electrons. The molecule has 0 fully saturated rings. The molecule has 0 aliphatic carbocycles. The number of rotatable bonds is 3. The molecule has 0 aromatic carbocycles. The van der Waals surface area contributed by atoms with Gasteiger partial charge in [0.1, 0.15) is 6.07 Å². The highest BCUT2D eigenvalue weighted by atomic mass is 14.8. The molecule has 0 aromatic heterocycles. The summed E-state index contributed by atoms with van der Waals surface area (Å²) in [4.78, 5) is 0. The van der Waals surface area contributed by atoms with Gasteiger partial charge in [-0.1, -0.05) is 18.2 Å². The molecule has 0 amide bonds. The summed E-state index contributed by atoms with van der Waals surface area (Å²) in [6.45, 7) is 1.93. The van der Waals surface area contributed by atoms with Crippen molar-refractivity contribution in [1.82, 2.24) is 5.32 Å². The smallest absolute Gasteiger partial charge is 0.101 e. The summed E-state index contributed by atoms with van der Waals surface area (Å²) in [7, 11) is 1.76. The quantitative estimate of drug-likeness (QED) is 0.489. The van der Waals surface area contributed by atoms with E-state index in [0.717, 1.165) is 0 Å². The molecule has 0 bridgehead atoms. The first kappa shape index (κ1) is 9.51. The van der Waals surface area contributed by atoms with Crippen molar-refractivity contribution in [2.24, 2.45) is 0 Å². The van der Waals surface area contributed by atoms with Crippen LogP contribution >= 0.6 is 0 Å². The van der Waals surface area contributed by atoms with Crippen molar-refractivity contribution in [3.05, 3.63) is 36.1 Å². The molecule has 0 rings (SSSR count). The molecule has 11 heavy (non-hydrogen) atoms. The van der Waals surface area contributed by atoms with Gasteiger partial charge in [-0.3, -0.25) is 0 Å². The Morgan fingerprint density at radius 2 is 2.18 bits per heavy atom. The fourth-order valence-electron chi connectivity index (χ4n) is 0.543. The van der Waals surface area contributed by atoms with E-state index < -0.39 is 0 Å². The highest BCUT2D eigenvalue weighted by Gasteiger charge is 1.82. The number of nitrogens with one attached hydrogen (secondary N) is 1. The van der Waals surface area contributed by atoms with Gasteiger partial charge in [-0.2, -0.15) is 5.26 Å². The fraction of sp³-hybridized carbons (Fsp3) is 0.222. The summed E-state index contributed by atoms with van der Waals surface area (Å²) in [5, 5.41) is 11.3. The van der Waals surface area contributed by atoms with Gasteiger partial charge in [-0.25, -0.2) is 0 Å². The average Bonchev–Trinajstić information content (AvgIpc) is 2.03. The van der Waals surface area contributed by atoms with Gasteiger partial charge >= 0.3 is 0 Å².